The first-order chi connectivity index (χ1) is 16.4. The number of fused-ring (bicyclic) bond motifs is 6. The lowest BCUT2D eigenvalue weighted by atomic mass is 9.55. The van der Waals surface area contributed by atoms with Crippen molar-refractivity contribution in [3.63, 3.8) is 0 Å². The Morgan fingerprint density at radius 1 is 1.21 bits per heavy atom. The van der Waals surface area contributed by atoms with Crippen LogP contribution in [-0.4, -0.2) is 55.7 Å². The van der Waals surface area contributed by atoms with Gasteiger partial charge in [-0.15, -0.1) is 0 Å². The topological polar surface area (TPSA) is 59.1 Å². The van der Waals surface area contributed by atoms with Gasteiger partial charge in [0.05, 0.1) is 5.69 Å². The molecule has 1 heterocycles. The third kappa shape index (κ3) is 3.92. The average molecular weight is 469 g/mol. The first-order valence-electron chi connectivity index (χ1n) is 13.3. The molecule has 0 saturated heterocycles. The Kier molecular flexibility index (Phi) is 6.38. The van der Waals surface area contributed by atoms with Crippen LogP contribution in [0.4, 0.5) is 5.69 Å². The van der Waals surface area contributed by atoms with Crippen molar-refractivity contribution in [1.29, 1.82) is 0 Å². The SMILES string of the molecule is CCN(CC)CCN1C(=O)COc2cc3c(cc21)[C@H]1CC[C@]2(C)[C@@H](OC(C)=O)CC[C@H]2[C@@H]1CC3. The second-order valence-corrected chi connectivity index (χ2v) is 11.0. The molecule has 186 valence electrons. The summed E-state index contributed by atoms with van der Waals surface area (Å²) < 4.78 is 11.7. The molecular formula is C28H40N2O4. The normalized spacial score (nSPS) is 31.9. The highest BCUT2D eigenvalue weighted by atomic mass is 16.5. The van der Waals surface area contributed by atoms with E-state index in [1.54, 1.807) is 0 Å². The second-order valence-electron chi connectivity index (χ2n) is 11.0. The third-order valence-electron chi connectivity index (χ3n) is 9.50. The maximum absolute atomic E-state index is 12.9. The van der Waals surface area contributed by atoms with Crippen molar-refractivity contribution < 1.29 is 19.1 Å². The van der Waals surface area contributed by atoms with Crippen LogP contribution in [0.5, 0.6) is 5.75 Å². The van der Waals surface area contributed by atoms with Crippen molar-refractivity contribution in [2.24, 2.45) is 17.3 Å². The first kappa shape index (κ1) is 23.7. The molecule has 0 N–H and O–H groups in total. The lowest BCUT2D eigenvalue weighted by Gasteiger charge is -2.50. The molecule has 1 aromatic carbocycles. The standard InChI is InChI=1S/C28H40N2O4/c1-5-29(6-2)13-14-30-24-16-22-19(15-25(24)33-17-27(30)32)7-8-21-20(22)11-12-28(4)23(21)9-10-26(28)34-18(3)31/h15-16,20-21,23,26H,5-14,17H2,1-4H3/t20-,21+,23-,26-,28-/m0/s1. The summed E-state index contributed by atoms with van der Waals surface area (Å²) in [5.41, 5.74) is 3.88. The Hall–Kier alpha value is -2.08. The monoisotopic (exact) mass is 468 g/mol. The van der Waals surface area contributed by atoms with Gasteiger partial charge >= 0.3 is 5.97 Å². The summed E-state index contributed by atoms with van der Waals surface area (Å²) in [5.74, 6) is 2.51. The number of likely N-dealkylation sites (N-methyl/N-ethyl adjacent to an activating group) is 1. The minimum absolute atomic E-state index is 0.0578. The van der Waals surface area contributed by atoms with E-state index in [2.05, 4.69) is 37.8 Å². The van der Waals surface area contributed by atoms with Crippen LogP contribution in [0.2, 0.25) is 0 Å². The van der Waals surface area contributed by atoms with E-state index in [4.69, 9.17) is 9.47 Å². The molecule has 4 aliphatic rings. The van der Waals surface area contributed by atoms with Crippen LogP contribution >= 0.6 is 0 Å². The van der Waals surface area contributed by atoms with Crippen LogP contribution in [0.1, 0.15) is 76.8 Å². The molecule has 0 radical (unpaired) electrons. The van der Waals surface area contributed by atoms with E-state index in [0.717, 1.165) is 63.2 Å². The van der Waals surface area contributed by atoms with Crippen molar-refractivity contribution in [2.45, 2.75) is 78.2 Å². The number of hydrogen-bond acceptors (Lipinski definition) is 5. The van der Waals surface area contributed by atoms with Gasteiger partial charge in [-0.25, -0.2) is 0 Å². The molecule has 34 heavy (non-hydrogen) atoms. The number of ether oxygens (including phenoxy) is 2. The summed E-state index contributed by atoms with van der Waals surface area (Å²) >= 11 is 0. The minimum atomic E-state index is -0.149. The molecule has 2 fully saturated rings. The molecule has 2 saturated carbocycles. The van der Waals surface area contributed by atoms with Crippen LogP contribution in [0.15, 0.2) is 12.1 Å². The number of carbonyl (C=O) groups excluding carboxylic acids is 2. The molecule has 1 aromatic rings. The predicted molar refractivity (Wildman–Crippen MR) is 132 cm³/mol. The predicted octanol–water partition coefficient (Wildman–Crippen LogP) is 4.54. The Balaban J connectivity index is 1.42. The molecule has 0 aromatic heterocycles. The molecular weight excluding hydrogens is 428 g/mol. The molecule has 0 bridgehead atoms. The maximum Gasteiger partial charge on any atom is 0.302 e. The van der Waals surface area contributed by atoms with E-state index in [0.29, 0.717) is 24.3 Å². The van der Waals surface area contributed by atoms with Gasteiger partial charge in [-0.1, -0.05) is 20.8 Å². The van der Waals surface area contributed by atoms with E-state index in [-0.39, 0.29) is 30.0 Å². The summed E-state index contributed by atoms with van der Waals surface area (Å²) in [4.78, 5) is 28.9. The van der Waals surface area contributed by atoms with E-state index in [9.17, 15) is 9.59 Å². The lowest BCUT2D eigenvalue weighted by Crippen LogP contribution is -2.45. The number of aryl methyl sites for hydroxylation is 1. The van der Waals surface area contributed by atoms with Crippen LogP contribution < -0.4 is 9.64 Å². The van der Waals surface area contributed by atoms with Crippen molar-refractivity contribution in [1.82, 2.24) is 4.90 Å². The fourth-order valence-corrected chi connectivity index (χ4v) is 7.64. The molecule has 3 aliphatic carbocycles. The molecule has 5 atom stereocenters. The molecule has 1 aliphatic heterocycles. The van der Waals surface area contributed by atoms with Gasteiger partial charge in [-0.2, -0.15) is 0 Å². The van der Waals surface area contributed by atoms with Crippen molar-refractivity contribution in [2.75, 3.05) is 37.7 Å². The minimum Gasteiger partial charge on any atom is -0.482 e. The number of carbonyl (C=O) groups is 2. The molecule has 1 amide bonds. The van der Waals surface area contributed by atoms with Crippen LogP contribution in [0, 0.1) is 17.3 Å². The van der Waals surface area contributed by atoms with E-state index in [1.807, 2.05) is 4.90 Å². The second kappa shape index (κ2) is 9.18. The Bertz CT molecular complexity index is 958. The Morgan fingerprint density at radius 2 is 2.00 bits per heavy atom. The molecule has 5 rings (SSSR count). The van der Waals surface area contributed by atoms with Gasteiger partial charge in [0.1, 0.15) is 11.9 Å². The summed E-state index contributed by atoms with van der Waals surface area (Å²) in [7, 11) is 0. The highest BCUT2D eigenvalue weighted by molar-refractivity contribution is 5.98. The highest BCUT2D eigenvalue weighted by Crippen LogP contribution is 2.62. The number of hydrogen-bond donors (Lipinski definition) is 0. The number of esters is 1. The summed E-state index contributed by atoms with van der Waals surface area (Å²) in [6, 6.07) is 4.52. The lowest BCUT2D eigenvalue weighted by molar-refractivity contribution is -0.154. The number of nitrogens with zero attached hydrogens (tertiary/aromatic N) is 2. The van der Waals surface area contributed by atoms with Crippen LogP contribution in [0.3, 0.4) is 0 Å². The molecule has 0 spiro atoms. The first-order valence-corrected chi connectivity index (χ1v) is 13.3. The van der Waals surface area contributed by atoms with Gasteiger partial charge in [0.25, 0.3) is 5.91 Å². The van der Waals surface area contributed by atoms with E-state index < -0.39 is 0 Å². The summed E-state index contributed by atoms with van der Waals surface area (Å²) in [6.45, 7) is 11.9. The van der Waals surface area contributed by atoms with Crippen LogP contribution in [-0.2, 0) is 20.7 Å². The molecule has 6 nitrogen and oxygen atoms in total. The summed E-state index contributed by atoms with van der Waals surface area (Å²) in [6.07, 6.45) is 6.65. The van der Waals surface area contributed by atoms with Crippen LogP contribution in [0.25, 0.3) is 0 Å². The zero-order chi connectivity index (χ0) is 24.0. The summed E-state index contributed by atoms with van der Waals surface area (Å²) in [5, 5.41) is 0. The number of amides is 1. The third-order valence-corrected chi connectivity index (χ3v) is 9.50. The zero-order valence-electron chi connectivity index (χ0n) is 21.3. The number of anilines is 1. The van der Waals surface area contributed by atoms with Gasteiger partial charge in [0, 0.05) is 25.4 Å². The molecule has 6 heteroatoms. The number of rotatable bonds is 6. The van der Waals surface area contributed by atoms with Crippen molar-refractivity contribution >= 4 is 17.6 Å². The van der Waals surface area contributed by atoms with Gasteiger partial charge in [-0.3, -0.25) is 9.59 Å². The van der Waals surface area contributed by atoms with Gasteiger partial charge in [0.2, 0.25) is 0 Å². The van der Waals surface area contributed by atoms with Gasteiger partial charge in [-0.05, 0) is 92.6 Å². The largest absolute Gasteiger partial charge is 0.482 e. The average Bonchev–Trinajstić information content (AvgIpc) is 3.15. The number of benzene rings is 1. The smallest absolute Gasteiger partial charge is 0.302 e. The van der Waals surface area contributed by atoms with Crippen molar-refractivity contribution in [3.8, 4) is 5.75 Å². The van der Waals surface area contributed by atoms with Crippen molar-refractivity contribution in [3.05, 3.63) is 23.3 Å². The molecule has 0 unspecified atom stereocenters. The van der Waals surface area contributed by atoms with Gasteiger partial charge in [0.15, 0.2) is 6.61 Å². The maximum atomic E-state index is 12.9. The van der Waals surface area contributed by atoms with E-state index >= 15 is 0 Å². The fraction of sp³-hybridized carbons (Fsp3) is 0.714. The highest BCUT2D eigenvalue weighted by Gasteiger charge is 2.56. The zero-order valence-corrected chi connectivity index (χ0v) is 21.3. The van der Waals surface area contributed by atoms with E-state index in [1.165, 1.54) is 24.5 Å². The Labute approximate surface area is 204 Å². The fourth-order valence-electron chi connectivity index (χ4n) is 7.64. The quantitative estimate of drug-likeness (QED) is 0.574. The Morgan fingerprint density at radius 3 is 2.74 bits per heavy atom. The van der Waals surface area contributed by atoms with Gasteiger partial charge < -0.3 is 19.3 Å².